The summed E-state index contributed by atoms with van der Waals surface area (Å²) in [6, 6.07) is 0. The van der Waals surface area contributed by atoms with E-state index >= 15 is 0 Å². The summed E-state index contributed by atoms with van der Waals surface area (Å²) in [5.74, 6) is -2.79. The second-order valence-electron chi connectivity index (χ2n) is 3.77. The van der Waals surface area contributed by atoms with Gasteiger partial charge < -0.3 is 5.11 Å². The van der Waals surface area contributed by atoms with Crippen molar-refractivity contribution in [2.24, 2.45) is 0 Å². The van der Waals surface area contributed by atoms with Crippen LogP contribution in [0.4, 0.5) is 8.78 Å². The van der Waals surface area contributed by atoms with Crippen molar-refractivity contribution in [3.63, 3.8) is 0 Å². The Labute approximate surface area is 89.6 Å². The maximum Gasteiger partial charge on any atom is 0.266 e. The summed E-state index contributed by atoms with van der Waals surface area (Å²) in [4.78, 5) is 0. The number of hydrogen-bond donors (Lipinski definition) is 1. The fourth-order valence-electron chi connectivity index (χ4n) is 1.55. The van der Waals surface area contributed by atoms with Gasteiger partial charge in [0.05, 0.1) is 11.3 Å². The van der Waals surface area contributed by atoms with Gasteiger partial charge in [0, 0.05) is 18.2 Å². The normalized spacial score (nSPS) is 29.3. The molecular formula is C9H10F2N2OS. The van der Waals surface area contributed by atoms with Gasteiger partial charge in [-0.25, -0.2) is 8.78 Å². The maximum absolute atomic E-state index is 12.8. The highest BCUT2D eigenvalue weighted by atomic mass is 32.1. The molecule has 82 valence electrons. The highest BCUT2D eigenvalue weighted by Crippen LogP contribution is 2.34. The second kappa shape index (κ2) is 3.61. The second-order valence-corrected chi connectivity index (χ2v) is 4.38. The first-order chi connectivity index (χ1) is 6.99. The molecule has 1 heterocycles. The van der Waals surface area contributed by atoms with Gasteiger partial charge in [0.1, 0.15) is 0 Å². The average Bonchev–Trinajstić information content (AvgIpc) is 2.64. The first-order valence-electron chi connectivity index (χ1n) is 4.56. The van der Waals surface area contributed by atoms with E-state index in [4.69, 9.17) is 0 Å². The molecule has 0 radical (unpaired) electrons. The molecule has 0 bridgehead atoms. The molecule has 0 fully saturated rings. The van der Waals surface area contributed by atoms with Crippen LogP contribution in [-0.2, 0) is 6.42 Å². The van der Waals surface area contributed by atoms with E-state index in [0.717, 1.165) is 6.08 Å². The number of allylic oxidation sites excluding steroid dienone is 1. The fourth-order valence-corrected chi connectivity index (χ4v) is 2.00. The quantitative estimate of drug-likeness (QED) is 0.791. The topological polar surface area (TPSA) is 46.0 Å². The molecule has 0 aromatic carbocycles. The zero-order valence-electron chi connectivity index (χ0n) is 7.86. The van der Waals surface area contributed by atoms with Crippen LogP contribution in [0.25, 0.3) is 0 Å². The van der Waals surface area contributed by atoms with Crippen molar-refractivity contribution in [1.29, 1.82) is 0 Å². The Hall–Kier alpha value is -0.880. The molecule has 15 heavy (non-hydrogen) atoms. The van der Waals surface area contributed by atoms with Gasteiger partial charge in [-0.3, -0.25) is 0 Å². The Kier molecular flexibility index (Phi) is 2.56. The molecule has 2 rings (SSSR count). The van der Waals surface area contributed by atoms with Gasteiger partial charge >= 0.3 is 0 Å². The van der Waals surface area contributed by atoms with E-state index in [2.05, 4.69) is 9.59 Å². The van der Waals surface area contributed by atoms with Crippen LogP contribution in [0.1, 0.15) is 18.5 Å². The van der Waals surface area contributed by atoms with Crippen LogP contribution in [0.3, 0.4) is 0 Å². The highest BCUT2D eigenvalue weighted by molar-refractivity contribution is 7.03. The van der Waals surface area contributed by atoms with E-state index in [1.54, 1.807) is 5.38 Å². The van der Waals surface area contributed by atoms with Crippen molar-refractivity contribution >= 4 is 11.5 Å². The lowest BCUT2D eigenvalue weighted by molar-refractivity contribution is -0.0117. The van der Waals surface area contributed by atoms with Crippen LogP contribution in [-0.4, -0.2) is 26.2 Å². The number of halogens is 2. The molecule has 1 unspecified atom stereocenters. The summed E-state index contributed by atoms with van der Waals surface area (Å²) < 4.78 is 29.3. The zero-order chi connectivity index (χ0) is 10.9. The Morgan fingerprint density at radius 3 is 2.73 bits per heavy atom. The van der Waals surface area contributed by atoms with Crippen molar-refractivity contribution in [1.82, 2.24) is 9.59 Å². The third-order valence-corrected chi connectivity index (χ3v) is 2.97. The molecule has 0 saturated carbocycles. The van der Waals surface area contributed by atoms with Gasteiger partial charge in [-0.15, -0.1) is 5.10 Å². The first kappa shape index (κ1) is 10.6. The van der Waals surface area contributed by atoms with Gasteiger partial charge in [-0.05, 0) is 24.0 Å². The molecule has 6 heteroatoms. The third kappa shape index (κ3) is 2.57. The SMILES string of the molecule is OC1(Cc2csnn2)C=CC(F)(F)CC1. The molecule has 3 nitrogen and oxygen atoms in total. The molecule has 0 amide bonds. The first-order valence-corrected chi connectivity index (χ1v) is 5.39. The average molecular weight is 232 g/mol. The summed E-state index contributed by atoms with van der Waals surface area (Å²) in [7, 11) is 0. The van der Waals surface area contributed by atoms with Crippen LogP contribution < -0.4 is 0 Å². The fraction of sp³-hybridized carbons (Fsp3) is 0.556. The number of aromatic nitrogens is 2. The predicted octanol–water partition coefficient (Wildman–Crippen LogP) is 1.80. The molecule has 1 aromatic heterocycles. The molecule has 1 atom stereocenters. The van der Waals surface area contributed by atoms with Crippen molar-refractivity contribution in [2.75, 3.05) is 0 Å². The molecule has 1 aliphatic carbocycles. The van der Waals surface area contributed by atoms with Crippen LogP contribution in [0.15, 0.2) is 17.5 Å². The van der Waals surface area contributed by atoms with Crippen LogP contribution in [0.5, 0.6) is 0 Å². The number of hydrogen-bond acceptors (Lipinski definition) is 4. The van der Waals surface area contributed by atoms with Crippen LogP contribution in [0.2, 0.25) is 0 Å². The standard InChI is InChI=1S/C9H10F2N2OS/c10-9(11)3-1-8(14,2-4-9)5-7-6-15-13-12-7/h1,3,6,14H,2,4-5H2. The monoisotopic (exact) mass is 232 g/mol. The Morgan fingerprint density at radius 1 is 1.40 bits per heavy atom. The van der Waals surface area contributed by atoms with Gasteiger partial charge in [0.2, 0.25) is 0 Å². The minimum atomic E-state index is -2.79. The lowest BCUT2D eigenvalue weighted by Gasteiger charge is -2.30. The predicted molar refractivity (Wildman–Crippen MR) is 51.9 cm³/mol. The van der Waals surface area contributed by atoms with Crippen molar-refractivity contribution in [3.05, 3.63) is 23.2 Å². The van der Waals surface area contributed by atoms with E-state index < -0.39 is 11.5 Å². The highest BCUT2D eigenvalue weighted by Gasteiger charge is 2.37. The number of nitrogens with zero attached hydrogens (tertiary/aromatic N) is 2. The van der Waals surface area contributed by atoms with Gasteiger partial charge in [-0.2, -0.15) is 0 Å². The molecule has 0 spiro atoms. The van der Waals surface area contributed by atoms with E-state index in [1.807, 2.05) is 0 Å². The van der Waals surface area contributed by atoms with E-state index in [-0.39, 0.29) is 19.3 Å². The Balaban J connectivity index is 2.09. The zero-order valence-corrected chi connectivity index (χ0v) is 8.68. The Bertz CT molecular complexity index is 366. The van der Waals surface area contributed by atoms with Crippen molar-refractivity contribution in [2.45, 2.75) is 30.8 Å². The van der Waals surface area contributed by atoms with Gasteiger partial charge in [0.15, 0.2) is 0 Å². The lowest BCUT2D eigenvalue weighted by atomic mass is 9.86. The van der Waals surface area contributed by atoms with E-state index in [0.29, 0.717) is 5.69 Å². The maximum atomic E-state index is 12.8. The van der Waals surface area contributed by atoms with Crippen LogP contribution in [0, 0.1) is 0 Å². The summed E-state index contributed by atoms with van der Waals surface area (Å²) in [6.07, 6.45) is 1.92. The summed E-state index contributed by atoms with van der Waals surface area (Å²) >= 11 is 1.18. The molecular weight excluding hydrogens is 222 g/mol. The molecule has 1 N–H and O–H groups in total. The summed E-state index contributed by atoms with van der Waals surface area (Å²) in [6.45, 7) is 0. The minimum Gasteiger partial charge on any atom is -0.385 e. The number of rotatable bonds is 2. The number of alkyl halides is 2. The summed E-state index contributed by atoms with van der Waals surface area (Å²) in [5.41, 5.74) is -0.561. The number of aliphatic hydroxyl groups is 1. The summed E-state index contributed by atoms with van der Waals surface area (Å²) in [5, 5.41) is 15.5. The minimum absolute atomic E-state index is 0.0496. The molecule has 0 aliphatic heterocycles. The van der Waals surface area contributed by atoms with Crippen LogP contribution >= 0.6 is 11.5 Å². The van der Waals surface area contributed by atoms with E-state index in [1.165, 1.54) is 17.6 Å². The Morgan fingerprint density at radius 2 is 2.20 bits per heavy atom. The largest absolute Gasteiger partial charge is 0.385 e. The van der Waals surface area contributed by atoms with Gasteiger partial charge in [-0.1, -0.05) is 10.6 Å². The third-order valence-electron chi connectivity index (χ3n) is 2.42. The lowest BCUT2D eigenvalue weighted by Crippen LogP contribution is -2.35. The molecule has 1 aliphatic rings. The smallest absolute Gasteiger partial charge is 0.266 e. The molecule has 1 aromatic rings. The van der Waals surface area contributed by atoms with Crippen molar-refractivity contribution < 1.29 is 13.9 Å². The van der Waals surface area contributed by atoms with Gasteiger partial charge in [0.25, 0.3) is 5.92 Å². The molecule has 0 saturated heterocycles. The van der Waals surface area contributed by atoms with Crippen molar-refractivity contribution in [3.8, 4) is 0 Å². The van der Waals surface area contributed by atoms with E-state index in [9.17, 15) is 13.9 Å².